The molecule has 4 heterocycles. The Bertz CT molecular complexity index is 3470. The fraction of sp³-hybridized carbons (Fsp3) is 0.0189. The van der Waals surface area contributed by atoms with E-state index in [2.05, 4.69) is 193 Å². The molecule has 0 radical (unpaired) electrons. The lowest BCUT2D eigenvalue weighted by molar-refractivity contribution is 0.781. The molecule has 11 aromatic rings. The Kier molecular flexibility index (Phi) is 7.65. The molecular weight excluding hydrogens is 743 g/mol. The second kappa shape index (κ2) is 13.3. The molecule has 0 saturated carbocycles. The summed E-state index contributed by atoms with van der Waals surface area (Å²) in [5, 5.41) is 12.6. The summed E-state index contributed by atoms with van der Waals surface area (Å²) in [7, 11) is 0. The molecule has 1 aliphatic rings. The minimum absolute atomic E-state index is 0.0657. The molecule has 0 amide bonds. The molecular formula is C53H33N3S2. The summed E-state index contributed by atoms with van der Waals surface area (Å²) in [6, 6.07) is 65.3. The van der Waals surface area contributed by atoms with Gasteiger partial charge in [-0.2, -0.15) is 0 Å². The highest BCUT2D eigenvalue weighted by Gasteiger charge is 2.23. The highest BCUT2D eigenvalue weighted by Crippen LogP contribution is 2.46. The number of hydrogen-bond donors (Lipinski definition) is 1. The van der Waals surface area contributed by atoms with Gasteiger partial charge in [0.1, 0.15) is 5.84 Å². The Morgan fingerprint density at radius 3 is 1.93 bits per heavy atom. The summed E-state index contributed by atoms with van der Waals surface area (Å²) >= 11 is 3.74. The number of aliphatic imine (C=N–C) groups is 1. The zero-order valence-electron chi connectivity index (χ0n) is 31.2. The van der Waals surface area contributed by atoms with E-state index in [4.69, 9.17) is 9.98 Å². The van der Waals surface area contributed by atoms with Gasteiger partial charge in [0.05, 0.1) is 22.9 Å². The first-order valence-corrected chi connectivity index (χ1v) is 21.2. The van der Waals surface area contributed by atoms with Crippen LogP contribution in [0.5, 0.6) is 0 Å². The second-order valence-electron chi connectivity index (χ2n) is 14.9. The van der Waals surface area contributed by atoms with E-state index in [9.17, 15) is 0 Å². The third-order valence-corrected chi connectivity index (χ3v) is 13.9. The van der Waals surface area contributed by atoms with Crippen LogP contribution in [0.4, 0.5) is 0 Å². The molecule has 3 nitrogen and oxygen atoms in total. The SMILES string of the molecule is C1=C(c2cccc3sc4ccccc4c23)N=C(c2ccccc2)NC1c1ccc(-c2cccc3c2sc2c3ccc3c(-c4ccccc4)nc4ccccc4c32)cc1. The first-order valence-electron chi connectivity index (χ1n) is 19.6. The topological polar surface area (TPSA) is 37.3 Å². The number of nitrogens with zero attached hydrogens (tertiary/aromatic N) is 2. The first-order chi connectivity index (χ1) is 28.7. The van der Waals surface area contributed by atoms with Crippen molar-refractivity contribution in [2.45, 2.75) is 6.04 Å². The Morgan fingerprint density at radius 1 is 0.431 bits per heavy atom. The largest absolute Gasteiger partial charge is 0.359 e. The number of thiophene rings is 2. The van der Waals surface area contributed by atoms with Crippen molar-refractivity contribution < 1.29 is 0 Å². The van der Waals surface area contributed by atoms with Crippen LogP contribution in [0.1, 0.15) is 22.7 Å². The fourth-order valence-corrected chi connectivity index (χ4v) is 11.3. The number of pyridine rings is 1. The van der Waals surface area contributed by atoms with Crippen LogP contribution in [0.15, 0.2) is 193 Å². The van der Waals surface area contributed by atoms with E-state index in [0.717, 1.165) is 39.4 Å². The minimum Gasteiger partial charge on any atom is -0.359 e. The molecule has 1 N–H and O–H groups in total. The van der Waals surface area contributed by atoms with E-state index >= 15 is 0 Å². The van der Waals surface area contributed by atoms with Gasteiger partial charge in [-0.15, -0.1) is 22.7 Å². The Balaban J connectivity index is 0.981. The molecule has 1 unspecified atom stereocenters. The highest BCUT2D eigenvalue weighted by molar-refractivity contribution is 7.27. The van der Waals surface area contributed by atoms with Crippen LogP contribution in [0.2, 0.25) is 0 Å². The van der Waals surface area contributed by atoms with Crippen molar-refractivity contribution in [3.8, 4) is 22.4 Å². The van der Waals surface area contributed by atoms with Crippen molar-refractivity contribution >= 4 is 96.2 Å². The Labute approximate surface area is 342 Å². The minimum atomic E-state index is -0.0657. The van der Waals surface area contributed by atoms with Crippen molar-refractivity contribution in [3.05, 3.63) is 205 Å². The molecule has 5 heteroatoms. The average molecular weight is 776 g/mol. The highest BCUT2D eigenvalue weighted by atomic mass is 32.1. The van der Waals surface area contributed by atoms with Crippen molar-refractivity contribution in [3.63, 3.8) is 0 Å². The maximum Gasteiger partial charge on any atom is 0.134 e. The van der Waals surface area contributed by atoms with Gasteiger partial charge in [0.2, 0.25) is 0 Å². The van der Waals surface area contributed by atoms with Crippen LogP contribution >= 0.6 is 22.7 Å². The molecule has 1 atom stereocenters. The molecule has 0 aliphatic carbocycles. The van der Waals surface area contributed by atoms with Crippen LogP contribution in [-0.4, -0.2) is 10.8 Å². The molecule has 0 fully saturated rings. The maximum atomic E-state index is 5.29. The fourth-order valence-electron chi connectivity index (χ4n) is 8.80. The first kappa shape index (κ1) is 33.2. The third kappa shape index (κ3) is 5.32. The van der Waals surface area contributed by atoms with Crippen molar-refractivity contribution in [2.75, 3.05) is 0 Å². The van der Waals surface area contributed by atoms with Gasteiger partial charge < -0.3 is 5.32 Å². The van der Waals surface area contributed by atoms with Crippen LogP contribution in [-0.2, 0) is 0 Å². The van der Waals surface area contributed by atoms with Gasteiger partial charge in [-0.05, 0) is 41.0 Å². The van der Waals surface area contributed by atoms with E-state index in [1.54, 1.807) is 0 Å². The van der Waals surface area contributed by atoms with Gasteiger partial charge in [-0.25, -0.2) is 9.98 Å². The predicted octanol–water partition coefficient (Wildman–Crippen LogP) is 14.6. The van der Waals surface area contributed by atoms with Crippen LogP contribution in [0.25, 0.3) is 90.1 Å². The molecule has 272 valence electrons. The van der Waals surface area contributed by atoms with E-state index in [-0.39, 0.29) is 6.04 Å². The monoisotopic (exact) mass is 775 g/mol. The zero-order chi connectivity index (χ0) is 38.2. The molecule has 58 heavy (non-hydrogen) atoms. The molecule has 3 aromatic heterocycles. The van der Waals surface area contributed by atoms with Crippen molar-refractivity contribution in [1.82, 2.24) is 10.3 Å². The smallest absolute Gasteiger partial charge is 0.134 e. The van der Waals surface area contributed by atoms with E-state index < -0.39 is 0 Å². The lowest BCUT2D eigenvalue weighted by Crippen LogP contribution is -2.31. The number of benzene rings is 8. The normalized spacial score (nSPS) is 14.4. The van der Waals surface area contributed by atoms with Gasteiger partial charge in [0, 0.05) is 73.2 Å². The number of rotatable bonds is 5. The molecule has 0 saturated heterocycles. The Morgan fingerprint density at radius 2 is 1.09 bits per heavy atom. The maximum absolute atomic E-state index is 5.29. The summed E-state index contributed by atoms with van der Waals surface area (Å²) in [4.78, 5) is 10.5. The van der Waals surface area contributed by atoms with E-state index in [1.807, 2.05) is 22.7 Å². The lowest BCUT2D eigenvalue weighted by Gasteiger charge is -2.25. The summed E-state index contributed by atoms with van der Waals surface area (Å²) < 4.78 is 5.17. The molecule has 12 rings (SSSR count). The Hall–Kier alpha value is -6.92. The number of aromatic nitrogens is 1. The predicted molar refractivity (Wildman–Crippen MR) is 249 cm³/mol. The van der Waals surface area contributed by atoms with Crippen LogP contribution in [0.3, 0.4) is 0 Å². The van der Waals surface area contributed by atoms with Gasteiger partial charge in [-0.1, -0.05) is 164 Å². The van der Waals surface area contributed by atoms with Crippen molar-refractivity contribution in [2.24, 2.45) is 4.99 Å². The number of hydrogen-bond acceptors (Lipinski definition) is 5. The summed E-state index contributed by atoms with van der Waals surface area (Å²) in [6.45, 7) is 0. The number of amidine groups is 1. The molecule has 0 bridgehead atoms. The lowest BCUT2D eigenvalue weighted by atomic mass is 9.95. The van der Waals surface area contributed by atoms with Crippen LogP contribution in [0, 0.1) is 0 Å². The molecule has 0 spiro atoms. The van der Waals surface area contributed by atoms with Gasteiger partial charge >= 0.3 is 0 Å². The average Bonchev–Trinajstić information content (AvgIpc) is 3.88. The number of para-hydroxylation sites is 1. The van der Waals surface area contributed by atoms with Gasteiger partial charge in [0.15, 0.2) is 0 Å². The number of fused-ring (bicyclic) bond motifs is 10. The summed E-state index contributed by atoms with van der Waals surface area (Å²) in [5.74, 6) is 0.879. The van der Waals surface area contributed by atoms with Crippen molar-refractivity contribution in [1.29, 1.82) is 0 Å². The summed E-state index contributed by atoms with van der Waals surface area (Å²) in [5.41, 5.74) is 10.0. The van der Waals surface area contributed by atoms with Crippen LogP contribution < -0.4 is 5.32 Å². The number of nitrogens with one attached hydrogen (secondary N) is 1. The second-order valence-corrected chi connectivity index (χ2v) is 17.0. The van der Waals surface area contributed by atoms with Gasteiger partial charge in [-0.3, -0.25) is 0 Å². The standard InChI is InChI=1S/C53H33N3S2/c1-3-13-34(14-4-1)50-42-30-29-38-37-20-11-19-36(51(37)58-52(38)49(42)39-17-7-9-22-43(39)54-50)32-25-27-33(28-26-32)44-31-45(56-53(55-44)35-15-5-2-6-16-35)40-21-12-24-47-48(40)41-18-8-10-23-46(41)57-47/h1-31,44H,(H,55,56). The quantitative estimate of drug-likeness (QED) is 0.177. The third-order valence-electron chi connectivity index (χ3n) is 11.5. The van der Waals surface area contributed by atoms with E-state index in [0.29, 0.717) is 0 Å². The van der Waals surface area contributed by atoms with E-state index in [1.165, 1.54) is 73.2 Å². The van der Waals surface area contributed by atoms with Gasteiger partial charge in [0.25, 0.3) is 0 Å². The summed E-state index contributed by atoms with van der Waals surface area (Å²) in [6.07, 6.45) is 2.30. The molecule has 1 aliphatic heterocycles. The molecule has 8 aromatic carbocycles. The zero-order valence-corrected chi connectivity index (χ0v) is 32.8.